The van der Waals surface area contributed by atoms with Gasteiger partial charge in [-0.05, 0) is 19.8 Å². The average Bonchev–Trinajstić information content (AvgIpc) is 3.43. The Morgan fingerprint density at radius 3 is 2.97 bits per heavy atom. The van der Waals surface area contributed by atoms with Crippen LogP contribution in [0.2, 0.25) is 0 Å². The molecule has 6 rings (SSSR count). The Balaban J connectivity index is 1.44. The molecule has 6 heterocycles. The molecule has 0 amide bonds. The highest BCUT2D eigenvalue weighted by molar-refractivity contribution is 5.93. The number of rotatable bonds is 4. The quantitative estimate of drug-likeness (QED) is 0.558. The number of carbonyl (C=O) groups is 1. The van der Waals surface area contributed by atoms with E-state index in [1.165, 1.54) is 0 Å². The molecule has 0 saturated carbocycles. The third-order valence-corrected chi connectivity index (χ3v) is 8.19. The Hall–Kier alpha value is -2.09. The van der Waals surface area contributed by atoms with Gasteiger partial charge in [0.15, 0.2) is 5.76 Å². The van der Waals surface area contributed by atoms with Gasteiger partial charge in [0, 0.05) is 18.5 Å². The molecule has 0 aromatic heterocycles. The van der Waals surface area contributed by atoms with Gasteiger partial charge in [-0.1, -0.05) is 31.2 Å². The van der Waals surface area contributed by atoms with Crippen molar-refractivity contribution >= 4 is 5.97 Å². The fourth-order valence-corrected chi connectivity index (χ4v) is 7.26. The maximum Gasteiger partial charge on any atom is 0.343 e. The number of cyclic esters (lactones) is 1. The van der Waals surface area contributed by atoms with E-state index in [9.17, 15) is 4.79 Å². The molecular weight excluding hydrogens is 386 g/mol. The van der Waals surface area contributed by atoms with Gasteiger partial charge in [-0.3, -0.25) is 4.90 Å². The predicted molar refractivity (Wildman–Crippen MR) is 105 cm³/mol. The fraction of sp³-hybridized carbons (Fsp3) is 0.609. The molecular formula is C23H27NO6. The first-order valence-electron chi connectivity index (χ1n) is 10.8. The van der Waals surface area contributed by atoms with Crippen molar-refractivity contribution in [1.29, 1.82) is 0 Å². The van der Waals surface area contributed by atoms with E-state index in [4.69, 9.17) is 24.1 Å². The van der Waals surface area contributed by atoms with E-state index in [1.807, 2.05) is 12.2 Å². The normalized spacial score (nSPS) is 50.3. The third kappa shape index (κ3) is 1.90. The van der Waals surface area contributed by atoms with E-state index in [0.717, 1.165) is 19.4 Å². The van der Waals surface area contributed by atoms with Crippen molar-refractivity contribution in [2.75, 3.05) is 20.3 Å². The zero-order chi connectivity index (χ0) is 20.8. The summed E-state index contributed by atoms with van der Waals surface area (Å²) in [4.78, 5) is 14.8. The van der Waals surface area contributed by atoms with E-state index >= 15 is 0 Å². The monoisotopic (exact) mass is 413 g/mol. The number of nitrogens with zero attached hydrogens (tertiary/aromatic N) is 1. The van der Waals surface area contributed by atoms with Crippen LogP contribution >= 0.6 is 0 Å². The standard InChI is InChI=1S/C23H27NO6/c1-12-17-14-11-16-22(8-5-4-6-10-25)15(7-9-24(14)22)23(17,29-16)30-19(12)20-18(27-3)13(2)21(26)28-20/h4-6,8,12,14-17,25H,7,9-11H2,1-3H3/b6-4+,8-5+,20-19-/t12-,14?,15?,16?,17?,22?,23-/m1/s1. The molecule has 8 atom stereocenters. The molecule has 7 heteroatoms. The van der Waals surface area contributed by atoms with Crippen molar-refractivity contribution < 1.29 is 28.8 Å². The maximum absolute atomic E-state index is 12.2. The van der Waals surface area contributed by atoms with Crippen LogP contribution in [0.3, 0.4) is 0 Å². The molecule has 0 aromatic carbocycles. The van der Waals surface area contributed by atoms with Crippen molar-refractivity contribution in [2.24, 2.45) is 17.8 Å². The molecule has 5 fully saturated rings. The lowest BCUT2D eigenvalue weighted by Gasteiger charge is -2.47. The van der Waals surface area contributed by atoms with Crippen LogP contribution in [0.25, 0.3) is 0 Å². The molecule has 6 aliphatic heterocycles. The smallest absolute Gasteiger partial charge is 0.343 e. The maximum atomic E-state index is 12.2. The number of allylic oxidation sites excluding steroid dienone is 3. The van der Waals surface area contributed by atoms with Crippen molar-refractivity contribution in [1.82, 2.24) is 4.90 Å². The van der Waals surface area contributed by atoms with Gasteiger partial charge in [-0.15, -0.1) is 0 Å². The Morgan fingerprint density at radius 1 is 1.37 bits per heavy atom. The van der Waals surface area contributed by atoms with E-state index in [0.29, 0.717) is 28.9 Å². The van der Waals surface area contributed by atoms with Crippen molar-refractivity contribution in [3.05, 3.63) is 47.2 Å². The molecule has 0 aromatic rings. The second-order valence-electron chi connectivity index (χ2n) is 9.18. The highest BCUT2D eigenvalue weighted by atomic mass is 16.7. The largest absolute Gasteiger partial charge is 0.492 e. The lowest BCUT2D eigenvalue weighted by molar-refractivity contribution is -0.255. The minimum Gasteiger partial charge on any atom is -0.492 e. The summed E-state index contributed by atoms with van der Waals surface area (Å²) in [5, 5.41) is 9.04. The molecule has 1 spiro atoms. The molecule has 0 radical (unpaired) electrons. The number of methoxy groups -OCH3 is 1. The lowest BCUT2D eigenvalue weighted by atomic mass is 9.71. The number of aliphatic hydroxyl groups is 1. The average molecular weight is 413 g/mol. The highest BCUT2D eigenvalue weighted by Gasteiger charge is 2.83. The summed E-state index contributed by atoms with van der Waals surface area (Å²) in [5.41, 5.74) is 0.307. The number of esters is 1. The highest BCUT2D eigenvalue weighted by Crippen LogP contribution is 2.72. The Labute approximate surface area is 175 Å². The second kappa shape index (κ2) is 5.99. The summed E-state index contributed by atoms with van der Waals surface area (Å²) in [7, 11) is 1.55. The summed E-state index contributed by atoms with van der Waals surface area (Å²) in [6, 6.07) is 0.371. The molecule has 1 N–H and O–H groups in total. The van der Waals surface area contributed by atoms with E-state index < -0.39 is 5.79 Å². The Morgan fingerprint density at radius 2 is 2.20 bits per heavy atom. The number of piperidine rings is 1. The first-order chi connectivity index (χ1) is 14.5. The van der Waals surface area contributed by atoms with Crippen LogP contribution in [0, 0.1) is 17.8 Å². The number of aliphatic hydroxyl groups excluding tert-OH is 1. The van der Waals surface area contributed by atoms with Crippen molar-refractivity contribution in [2.45, 2.75) is 50.2 Å². The summed E-state index contributed by atoms with van der Waals surface area (Å²) >= 11 is 0. The molecule has 5 bridgehead atoms. The van der Waals surface area contributed by atoms with Gasteiger partial charge >= 0.3 is 5.97 Å². The van der Waals surface area contributed by atoms with E-state index in [-0.39, 0.29) is 42.0 Å². The van der Waals surface area contributed by atoms with Gasteiger partial charge in [-0.2, -0.15) is 0 Å². The van der Waals surface area contributed by atoms with Gasteiger partial charge in [0.25, 0.3) is 0 Å². The van der Waals surface area contributed by atoms with Crippen LogP contribution < -0.4 is 0 Å². The summed E-state index contributed by atoms with van der Waals surface area (Å²) in [5.74, 6) is 0.968. The van der Waals surface area contributed by atoms with Gasteiger partial charge in [0.1, 0.15) is 5.76 Å². The van der Waals surface area contributed by atoms with Gasteiger partial charge in [0.2, 0.25) is 11.5 Å². The van der Waals surface area contributed by atoms with Crippen molar-refractivity contribution in [3.63, 3.8) is 0 Å². The lowest BCUT2D eigenvalue weighted by Crippen LogP contribution is -2.60. The molecule has 6 unspecified atom stereocenters. The fourth-order valence-electron chi connectivity index (χ4n) is 7.26. The van der Waals surface area contributed by atoms with Crippen LogP contribution in [-0.4, -0.2) is 59.7 Å². The molecule has 160 valence electrons. The van der Waals surface area contributed by atoms with Gasteiger partial charge in [-0.25, -0.2) is 4.79 Å². The molecule has 30 heavy (non-hydrogen) atoms. The topological polar surface area (TPSA) is 77.5 Å². The van der Waals surface area contributed by atoms with E-state index in [2.05, 4.69) is 17.9 Å². The van der Waals surface area contributed by atoms with Crippen LogP contribution in [0.4, 0.5) is 0 Å². The van der Waals surface area contributed by atoms with Crippen LogP contribution in [0.1, 0.15) is 26.7 Å². The number of hydrogen-bond acceptors (Lipinski definition) is 7. The van der Waals surface area contributed by atoms with Gasteiger partial charge < -0.3 is 24.1 Å². The SMILES string of the molecule is COC1=C(C)C(=O)O/C1=C1\O[C@@]23OC4CC(C2[C@H]1C)N1CCC3C41/C=C/C=C/CO. The molecule has 5 saturated heterocycles. The minimum atomic E-state index is -0.685. The molecule has 0 aliphatic carbocycles. The number of hydrogen-bond donors (Lipinski definition) is 1. The number of carbonyl (C=O) groups excluding carboxylic acids is 1. The van der Waals surface area contributed by atoms with Crippen LogP contribution in [0.5, 0.6) is 0 Å². The first kappa shape index (κ1) is 18.7. The Bertz CT molecular complexity index is 949. The summed E-state index contributed by atoms with van der Waals surface area (Å²) < 4.78 is 24.5. The summed E-state index contributed by atoms with van der Waals surface area (Å²) in [6.45, 7) is 4.94. The van der Waals surface area contributed by atoms with Crippen LogP contribution in [-0.2, 0) is 23.7 Å². The third-order valence-electron chi connectivity index (χ3n) is 8.19. The molecule has 6 aliphatic rings. The predicted octanol–water partition coefficient (Wildman–Crippen LogP) is 2.00. The zero-order valence-corrected chi connectivity index (χ0v) is 17.5. The number of ether oxygens (including phenoxy) is 4. The van der Waals surface area contributed by atoms with Crippen LogP contribution in [0.15, 0.2) is 47.2 Å². The molecule has 7 nitrogen and oxygen atoms in total. The van der Waals surface area contributed by atoms with Gasteiger partial charge in [0.05, 0.1) is 42.8 Å². The minimum absolute atomic E-state index is 0.0318. The second-order valence-corrected chi connectivity index (χ2v) is 9.18. The number of fused-ring (bicyclic) bond motifs is 1. The summed E-state index contributed by atoms with van der Waals surface area (Å²) in [6.07, 6.45) is 10.0. The Kier molecular flexibility index (Phi) is 3.73. The zero-order valence-electron chi connectivity index (χ0n) is 17.5. The first-order valence-corrected chi connectivity index (χ1v) is 10.8. The van der Waals surface area contributed by atoms with E-state index in [1.54, 1.807) is 20.1 Å². The van der Waals surface area contributed by atoms with Crippen molar-refractivity contribution in [3.8, 4) is 0 Å².